The number of rotatable bonds is 0. The largest absolute Gasteiger partial charge is 0.323 e. The zero-order chi connectivity index (χ0) is 10.9. The summed E-state index contributed by atoms with van der Waals surface area (Å²) in [5.74, 6) is 0. The average Bonchev–Trinajstić information content (AvgIpc) is 2.07. The van der Waals surface area contributed by atoms with E-state index in [4.69, 9.17) is 16.9 Å². The van der Waals surface area contributed by atoms with E-state index in [0.717, 1.165) is 0 Å². The lowest BCUT2D eigenvalue weighted by molar-refractivity contribution is 0.565. The van der Waals surface area contributed by atoms with Crippen molar-refractivity contribution in [3.63, 3.8) is 0 Å². The van der Waals surface area contributed by atoms with Crippen molar-refractivity contribution in [2.75, 3.05) is 0 Å². The highest BCUT2D eigenvalue weighted by molar-refractivity contribution is 6.30. The Kier molecular flexibility index (Phi) is 2.68. The van der Waals surface area contributed by atoms with E-state index >= 15 is 0 Å². The number of aromatic nitrogens is 1. The lowest BCUT2D eigenvalue weighted by atomic mass is 9.89. The molecule has 0 atom stereocenters. The summed E-state index contributed by atoms with van der Waals surface area (Å²) in [6, 6.07) is 3.42. The van der Waals surface area contributed by atoms with E-state index in [9.17, 15) is 4.79 Å². The molecule has 0 aliphatic carbocycles. The summed E-state index contributed by atoms with van der Waals surface area (Å²) >= 11 is 5.62. The molecular formula is C10H11ClN2O. The Morgan fingerprint density at radius 2 is 2.07 bits per heavy atom. The number of nitriles is 1. The maximum Gasteiger partial charge on any atom is 0.267 e. The van der Waals surface area contributed by atoms with E-state index < -0.39 is 0 Å². The number of hydrogen-bond acceptors (Lipinski definition) is 2. The minimum Gasteiger partial charge on any atom is -0.323 e. The highest BCUT2D eigenvalue weighted by Crippen LogP contribution is 2.23. The summed E-state index contributed by atoms with van der Waals surface area (Å²) < 4.78 is 0. The first kappa shape index (κ1) is 10.8. The van der Waals surface area contributed by atoms with Crippen molar-refractivity contribution in [1.82, 2.24) is 4.98 Å². The number of aromatic amines is 1. The summed E-state index contributed by atoms with van der Waals surface area (Å²) in [5.41, 5.74) is 0.418. The topological polar surface area (TPSA) is 56.6 Å². The van der Waals surface area contributed by atoms with Crippen LogP contribution in [0.1, 0.15) is 32.0 Å². The molecule has 4 heteroatoms. The SMILES string of the molecule is CC(C)(C)c1[nH]c(=O)c(Cl)cc1C#N. The fourth-order valence-electron chi connectivity index (χ4n) is 1.18. The van der Waals surface area contributed by atoms with Crippen LogP contribution in [0.25, 0.3) is 0 Å². The number of nitrogens with one attached hydrogen (secondary N) is 1. The normalized spacial score (nSPS) is 11.1. The van der Waals surface area contributed by atoms with Gasteiger partial charge in [0, 0.05) is 11.1 Å². The Morgan fingerprint density at radius 1 is 1.50 bits per heavy atom. The van der Waals surface area contributed by atoms with E-state index in [1.807, 2.05) is 26.8 Å². The molecule has 74 valence electrons. The summed E-state index contributed by atoms with van der Waals surface area (Å²) in [7, 11) is 0. The third kappa shape index (κ3) is 1.97. The number of pyridine rings is 1. The minimum atomic E-state index is -0.351. The molecule has 0 spiro atoms. The Labute approximate surface area is 87.3 Å². The van der Waals surface area contributed by atoms with Crippen LogP contribution >= 0.6 is 11.6 Å². The van der Waals surface area contributed by atoms with Gasteiger partial charge in [-0.25, -0.2) is 0 Å². The van der Waals surface area contributed by atoms with Gasteiger partial charge in [-0.2, -0.15) is 5.26 Å². The Bertz CT molecular complexity index is 449. The number of halogens is 1. The number of H-pyrrole nitrogens is 1. The molecule has 0 radical (unpaired) electrons. The van der Waals surface area contributed by atoms with Crippen molar-refractivity contribution in [2.24, 2.45) is 0 Å². The van der Waals surface area contributed by atoms with Crippen LogP contribution in [0.5, 0.6) is 0 Å². The molecule has 1 aromatic heterocycles. The Hall–Kier alpha value is -1.27. The van der Waals surface area contributed by atoms with Crippen LogP contribution < -0.4 is 5.56 Å². The van der Waals surface area contributed by atoms with E-state index in [1.165, 1.54) is 6.07 Å². The lowest BCUT2D eigenvalue weighted by Crippen LogP contribution is -2.21. The van der Waals surface area contributed by atoms with Crippen molar-refractivity contribution >= 4 is 11.6 Å². The molecule has 0 amide bonds. The first-order valence-electron chi connectivity index (χ1n) is 4.19. The molecule has 0 fully saturated rings. The van der Waals surface area contributed by atoms with Crippen molar-refractivity contribution in [3.05, 3.63) is 32.7 Å². The van der Waals surface area contributed by atoms with Gasteiger partial charge in [0.25, 0.3) is 5.56 Å². The molecule has 3 nitrogen and oxygen atoms in total. The molecule has 1 N–H and O–H groups in total. The van der Waals surface area contributed by atoms with Crippen LogP contribution in [0.3, 0.4) is 0 Å². The molecule has 0 aliphatic heterocycles. The van der Waals surface area contributed by atoms with Gasteiger partial charge in [-0.15, -0.1) is 0 Å². The van der Waals surface area contributed by atoms with Crippen LogP contribution in [0, 0.1) is 11.3 Å². The standard InChI is InChI=1S/C10H11ClN2O/c1-10(2,3)8-6(5-12)4-7(11)9(14)13-8/h4H,1-3H3,(H,13,14). The van der Waals surface area contributed by atoms with E-state index in [-0.39, 0.29) is 16.0 Å². The summed E-state index contributed by atoms with van der Waals surface area (Å²) in [5, 5.41) is 8.92. The smallest absolute Gasteiger partial charge is 0.267 e. The molecule has 1 rings (SSSR count). The molecular weight excluding hydrogens is 200 g/mol. The van der Waals surface area contributed by atoms with Crippen molar-refractivity contribution in [3.8, 4) is 6.07 Å². The second-order valence-corrected chi connectivity index (χ2v) is 4.50. The fraction of sp³-hybridized carbons (Fsp3) is 0.400. The number of nitrogens with zero attached hydrogens (tertiary/aromatic N) is 1. The summed E-state index contributed by atoms with van der Waals surface area (Å²) in [6.45, 7) is 5.77. The predicted octanol–water partition coefficient (Wildman–Crippen LogP) is 2.20. The molecule has 0 aliphatic rings. The van der Waals surface area contributed by atoms with Gasteiger partial charge in [0.05, 0.1) is 5.56 Å². The van der Waals surface area contributed by atoms with Crippen LogP contribution in [0.2, 0.25) is 5.02 Å². The average molecular weight is 211 g/mol. The maximum atomic E-state index is 11.3. The maximum absolute atomic E-state index is 11.3. The van der Waals surface area contributed by atoms with Gasteiger partial charge in [0.15, 0.2) is 0 Å². The molecule has 0 aromatic carbocycles. The monoisotopic (exact) mass is 210 g/mol. The molecule has 1 heterocycles. The predicted molar refractivity (Wildman–Crippen MR) is 55.5 cm³/mol. The van der Waals surface area contributed by atoms with E-state index in [0.29, 0.717) is 11.3 Å². The third-order valence-electron chi connectivity index (χ3n) is 1.87. The van der Waals surface area contributed by atoms with E-state index in [1.54, 1.807) is 0 Å². The zero-order valence-corrected chi connectivity index (χ0v) is 9.07. The Morgan fingerprint density at radius 3 is 2.50 bits per heavy atom. The van der Waals surface area contributed by atoms with Crippen molar-refractivity contribution in [2.45, 2.75) is 26.2 Å². The molecule has 0 unspecified atom stereocenters. The lowest BCUT2D eigenvalue weighted by Gasteiger charge is -2.19. The first-order valence-corrected chi connectivity index (χ1v) is 4.57. The van der Waals surface area contributed by atoms with Crippen molar-refractivity contribution in [1.29, 1.82) is 5.26 Å². The van der Waals surface area contributed by atoms with E-state index in [2.05, 4.69) is 4.98 Å². The van der Waals surface area contributed by atoms with Gasteiger partial charge in [0.2, 0.25) is 0 Å². The highest BCUT2D eigenvalue weighted by Gasteiger charge is 2.20. The molecule has 0 saturated heterocycles. The molecule has 0 bridgehead atoms. The van der Waals surface area contributed by atoms with Crippen LogP contribution in [-0.2, 0) is 5.41 Å². The minimum absolute atomic E-state index is 0.0505. The van der Waals surface area contributed by atoms with Crippen molar-refractivity contribution < 1.29 is 0 Å². The Balaban J connectivity index is 3.53. The first-order chi connectivity index (χ1) is 6.36. The van der Waals surface area contributed by atoms with Gasteiger partial charge >= 0.3 is 0 Å². The van der Waals surface area contributed by atoms with Gasteiger partial charge in [-0.1, -0.05) is 32.4 Å². The van der Waals surface area contributed by atoms with Crippen LogP contribution in [-0.4, -0.2) is 4.98 Å². The molecule has 0 saturated carbocycles. The van der Waals surface area contributed by atoms with Gasteiger partial charge in [-0.05, 0) is 6.07 Å². The molecule has 1 aromatic rings. The van der Waals surface area contributed by atoms with Gasteiger partial charge in [0.1, 0.15) is 11.1 Å². The summed E-state index contributed by atoms with van der Waals surface area (Å²) in [6.07, 6.45) is 0. The molecule has 14 heavy (non-hydrogen) atoms. The second-order valence-electron chi connectivity index (χ2n) is 4.10. The van der Waals surface area contributed by atoms with Gasteiger partial charge < -0.3 is 4.98 Å². The third-order valence-corrected chi connectivity index (χ3v) is 2.15. The zero-order valence-electron chi connectivity index (χ0n) is 8.31. The van der Waals surface area contributed by atoms with Gasteiger partial charge in [-0.3, -0.25) is 4.79 Å². The number of hydrogen-bond donors (Lipinski definition) is 1. The van der Waals surface area contributed by atoms with Crippen LogP contribution in [0.4, 0.5) is 0 Å². The van der Waals surface area contributed by atoms with Crippen LogP contribution in [0.15, 0.2) is 10.9 Å². The fourth-order valence-corrected chi connectivity index (χ4v) is 1.34. The quantitative estimate of drug-likeness (QED) is 0.714. The summed E-state index contributed by atoms with van der Waals surface area (Å²) in [4.78, 5) is 13.9. The highest BCUT2D eigenvalue weighted by atomic mass is 35.5. The second kappa shape index (κ2) is 3.47.